The van der Waals surface area contributed by atoms with Crippen LogP contribution in [0.5, 0.6) is 0 Å². The maximum Gasteiger partial charge on any atom is 0.292 e. The summed E-state index contributed by atoms with van der Waals surface area (Å²) in [4.78, 5) is 14.8. The van der Waals surface area contributed by atoms with Crippen molar-refractivity contribution in [2.75, 3.05) is 38.1 Å². The number of benzene rings is 1. The Balaban J connectivity index is 2.30. The highest BCUT2D eigenvalue weighted by Gasteiger charge is 2.22. The fraction of sp³-hybridized carbons (Fsp3) is 0.455. The van der Waals surface area contributed by atoms with Crippen molar-refractivity contribution in [3.63, 3.8) is 0 Å². The fourth-order valence-electron chi connectivity index (χ4n) is 1.95. The zero-order chi connectivity index (χ0) is 12.4. The van der Waals surface area contributed by atoms with Crippen molar-refractivity contribution in [2.45, 2.75) is 0 Å². The second-order valence-electron chi connectivity index (χ2n) is 4.18. The zero-order valence-corrected chi connectivity index (χ0v) is 10.4. The van der Waals surface area contributed by atoms with E-state index in [1.807, 2.05) is 11.9 Å². The van der Waals surface area contributed by atoms with Gasteiger partial charge in [0.2, 0.25) is 0 Å². The van der Waals surface area contributed by atoms with Crippen molar-refractivity contribution in [1.29, 1.82) is 0 Å². The van der Waals surface area contributed by atoms with Gasteiger partial charge in [0.05, 0.1) is 4.92 Å². The molecule has 0 bridgehead atoms. The van der Waals surface area contributed by atoms with Crippen molar-refractivity contribution >= 4 is 23.0 Å². The lowest BCUT2D eigenvalue weighted by Crippen LogP contribution is -2.44. The Bertz CT molecular complexity index is 431. The van der Waals surface area contributed by atoms with Gasteiger partial charge in [0.1, 0.15) is 5.69 Å². The molecule has 92 valence electrons. The van der Waals surface area contributed by atoms with E-state index in [1.54, 1.807) is 12.1 Å². The lowest BCUT2D eigenvalue weighted by Gasteiger charge is -2.33. The normalized spacial score (nSPS) is 17.2. The van der Waals surface area contributed by atoms with Crippen LogP contribution in [0.3, 0.4) is 0 Å². The number of hydrogen-bond acceptors (Lipinski definition) is 4. The van der Waals surface area contributed by atoms with E-state index in [0.717, 1.165) is 26.2 Å². The smallest absolute Gasteiger partial charge is 0.292 e. The van der Waals surface area contributed by atoms with E-state index >= 15 is 0 Å². The molecule has 1 fully saturated rings. The Hall–Kier alpha value is -1.33. The predicted octanol–water partition coefficient (Wildman–Crippen LogP) is 2.00. The van der Waals surface area contributed by atoms with E-state index in [0.29, 0.717) is 10.7 Å². The van der Waals surface area contributed by atoms with Gasteiger partial charge < -0.3 is 9.80 Å². The van der Waals surface area contributed by atoms with Crippen LogP contribution in [0.25, 0.3) is 0 Å². The molecule has 2 rings (SSSR count). The first-order valence-electron chi connectivity index (χ1n) is 5.45. The number of anilines is 1. The molecule has 0 N–H and O–H groups in total. The summed E-state index contributed by atoms with van der Waals surface area (Å²) in [5, 5.41) is 11.5. The first-order chi connectivity index (χ1) is 8.08. The van der Waals surface area contributed by atoms with Crippen LogP contribution in [0.15, 0.2) is 18.2 Å². The molecule has 0 atom stereocenters. The molecule has 5 nitrogen and oxygen atoms in total. The molecule has 1 aromatic carbocycles. The Morgan fingerprint density at radius 1 is 1.29 bits per heavy atom. The predicted molar refractivity (Wildman–Crippen MR) is 67.8 cm³/mol. The maximum absolute atomic E-state index is 11.0. The Labute approximate surface area is 105 Å². The monoisotopic (exact) mass is 255 g/mol. The molecule has 0 amide bonds. The summed E-state index contributed by atoms with van der Waals surface area (Å²) >= 11 is 5.91. The topological polar surface area (TPSA) is 49.6 Å². The molecule has 0 spiro atoms. The average Bonchev–Trinajstić information content (AvgIpc) is 2.29. The highest BCUT2D eigenvalue weighted by atomic mass is 35.5. The molecule has 1 heterocycles. The third-order valence-corrected chi connectivity index (χ3v) is 3.21. The molecule has 0 radical (unpaired) electrons. The third-order valence-electron chi connectivity index (χ3n) is 2.98. The fourth-order valence-corrected chi connectivity index (χ4v) is 2.12. The lowest BCUT2D eigenvalue weighted by molar-refractivity contribution is -0.384. The van der Waals surface area contributed by atoms with Crippen LogP contribution in [-0.4, -0.2) is 43.0 Å². The number of nitro groups is 1. The third kappa shape index (κ3) is 2.68. The van der Waals surface area contributed by atoms with Gasteiger partial charge in [0, 0.05) is 37.3 Å². The number of piperazine rings is 1. The summed E-state index contributed by atoms with van der Waals surface area (Å²) in [6.07, 6.45) is 0. The molecular formula is C11H14ClN3O2. The summed E-state index contributed by atoms with van der Waals surface area (Å²) in [6, 6.07) is 4.69. The highest BCUT2D eigenvalue weighted by molar-refractivity contribution is 6.31. The number of nitro benzene ring substituents is 1. The van der Waals surface area contributed by atoms with Gasteiger partial charge >= 0.3 is 0 Å². The van der Waals surface area contributed by atoms with Crippen molar-refractivity contribution < 1.29 is 4.92 Å². The number of rotatable bonds is 2. The molecule has 6 heteroatoms. The van der Waals surface area contributed by atoms with Gasteiger partial charge in [-0.3, -0.25) is 10.1 Å². The van der Waals surface area contributed by atoms with Crippen LogP contribution in [0, 0.1) is 10.1 Å². The zero-order valence-electron chi connectivity index (χ0n) is 9.60. The van der Waals surface area contributed by atoms with Crippen LogP contribution < -0.4 is 4.90 Å². The molecule has 0 aliphatic carbocycles. The van der Waals surface area contributed by atoms with Gasteiger partial charge in [-0.15, -0.1) is 0 Å². The highest BCUT2D eigenvalue weighted by Crippen LogP contribution is 2.31. The largest absolute Gasteiger partial charge is 0.363 e. The quantitative estimate of drug-likeness (QED) is 0.599. The number of hydrogen-bond donors (Lipinski definition) is 0. The summed E-state index contributed by atoms with van der Waals surface area (Å²) in [5.74, 6) is 0. The number of likely N-dealkylation sites (N-methyl/N-ethyl adjacent to an activating group) is 1. The van der Waals surface area contributed by atoms with E-state index < -0.39 is 0 Å². The van der Waals surface area contributed by atoms with E-state index in [1.165, 1.54) is 6.07 Å². The van der Waals surface area contributed by atoms with Crippen LogP contribution in [0.1, 0.15) is 0 Å². The molecular weight excluding hydrogens is 242 g/mol. The first kappa shape index (κ1) is 12.1. The summed E-state index contributed by atoms with van der Waals surface area (Å²) in [6.45, 7) is 3.39. The molecule has 1 saturated heterocycles. The second-order valence-corrected chi connectivity index (χ2v) is 4.62. The number of nitrogens with zero attached hydrogens (tertiary/aromatic N) is 3. The van der Waals surface area contributed by atoms with E-state index in [9.17, 15) is 10.1 Å². The van der Waals surface area contributed by atoms with E-state index in [2.05, 4.69) is 4.90 Å². The van der Waals surface area contributed by atoms with Crippen molar-refractivity contribution in [3.8, 4) is 0 Å². The van der Waals surface area contributed by atoms with Gasteiger partial charge in [-0.1, -0.05) is 11.6 Å². The Morgan fingerprint density at radius 2 is 1.94 bits per heavy atom. The van der Waals surface area contributed by atoms with Crippen LogP contribution in [0.2, 0.25) is 5.02 Å². The van der Waals surface area contributed by atoms with Crippen molar-refractivity contribution in [3.05, 3.63) is 33.3 Å². The van der Waals surface area contributed by atoms with E-state index in [4.69, 9.17) is 11.6 Å². The van der Waals surface area contributed by atoms with Gasteiger partial charge in [-0.05, 0) is 19.2 Å². The van der Waals surface area contributed by atoms with E-state index in [-0.39, 0.29) is 10.6 Å². The van der Waals surface area contributed by atoms with Crippen LogP contribution >= 0.6 is 11.6 Å². The molecule has 1 aliphatic rings. The SMILES string of the molecule is CN1CCN(c2cc(Cl)ccc2[N+](=O)[O-])CC1. The van der Waals surface area contributed by atoms with Gasteiger partial charge in [0.25, 0.3) is 5.69 Å². The molecule has 0 unspecified atom stereocenters. The minimum Gasteiger partial charge on any atom is -0.363 e. The first-order valence-corrected chi connectivity index (χ1v) is 5.83. The number of halogens is 1. The van der Waals surface area contributed by atoms with Crippen molar-refractivity contribution in [1.82, 2.24) is 4.90 Å². The lowest BCUT2D eigenvalue weighted by atomic mass is 10.2. The second kappa shape index (κ2) is 4.89. The minimum absolute atomic E-state index is 0.124. The standard InChI is InChI=1S/C11H14ClN3O2/c1-13-4-6-14(7-5-13)11-8-9(12)2-3-10(11)15(16)17/h2-3,8H,4-7H2,1H3. The summed E-state index contributed by atoms with van der Waals surface area (Å²) in [5.41, 5.74) is 0.745. The minimum atomic E-state index is -0.357. The van der Waals surface area contributed by atoms with Crippen LogP contribution in [0.4, 0.5) is 11.4 Å². The Morgan fingerprint density at radius 3 is 2.53 bits per heavy atom. The van der Waals surface area contributed by atoms with Gasteiger partial charge in [-0.2, -0.15) is 0 Å². The summed E-state index contributed by atoms with van der Waals surface area (Å²) < 4.78 is 0. The van der Waals surface area contributed by atoms with Crippen LogP contribution in [-0.2, 0) is 0 Å². The molecule has 0 saturated carbocycles. The molecule has 0 aromatic heterocycles. The van der Waals surface area contributed by atoms with Gasteiger partial charge in [0.15, 0.2) is 0 Å². The summed E-state index contributed by atoms with van der Waals surface area (Å²) in [7, 11) is 2.05. The van der Waals surface area contributed by atoms with Gasteiger partial charge in [-0.25, -0.2) is 0 Å². The molecule has 1 aromatic rings. The molecule has 17 heavy (non-hydrogen) atoms. The Kier molecular flexibility index (Phi) is 3.49. The average molecular weight is 256 g/mol. The molecule has 1 aliphatic heterocycles. The van der Waals surface area contributed by atoms with Crippen molar-refractivity contribution in [2.24, 2.45) is 0 Å². The maximum atomic E-state index is 11.0.